The summed E-state index contributed by atoms with van der Waals surface area (Å²) in [5, 5.41) is 8.35. The van der Waals surface area contributed by atoms with Gasteiger partial charge in [0.2, 0.25) is 6.79 Å². The molecule has 3 heterocycles. The van der Waals surface area contributed by atoms with Gasteiger partial charge in [0.15, 0.2) is 11.5 Å². The third-order valence-corrected chi connectivity index (χ3v) is 7.02. The first-order chi connectivity index (χ1) is 17.0. The molecular formula is C26H19Cl2N3O4. The Morgan fingerprint density at radius 2 is 1.83 bits per heavy atom. The summed E-state index contributed by atoms with van der Waals surface area (Å²) in [4.78, 5) is 15.4. The summed E-state index contributed by atoms with van der Waals surface area (Å²) in [6.45, 7) is 0.541. The first-order valence-corrected chi connectivity index (χ1v) is 11.7. The number of carbonyl (C=O) groups excluding carboxylic acids is 1. The Morgan fingerprint density at radius 3 is 2.60 bits per heavy atom. The van der Waals surface area contributed by atoms with Crippen molar-refractivity contribution in [1.82, 2.24) is 15.1 Å². The van der Waals surface area contributed by atoms with Crippen LogP contribution in [0.4, 0.5) is 0 Å². The van der Waals surface area contributed by atoms with E-state index in [9.17, 15) is 4.79 Å². The van der Waals surface area contributed by atoms with Crippen molar-refractivity contribution in [1.29, 1.82) is 0 Å². The molecule has 6 rings (SSSR count). The van der Waals surface area contributed by atoms with E-state index in [-0.39, 0.29) is 12.7 Å². The molecule has 0 bridgehead atoms. The van der Waals surface area contributed by atoms with Crippen molar-refractivity contribution >= 4 is 29.1 Å². The minimum Gasteiger partial charge on any atom is -0.497 e. The maximum absolute atomic E-state index is 13.6. The van der Waals surface area contributed by atoms with Crippen LogP contribution in [0.15, 0.2) is 60.7 Å². The standard InChI is InChI=1S/C26H19Cl2N3O4/c1-33-17-6-3-15(4-7-17)23-22-24(30-29-23)26(32)31(25(22)16-5-8-18(27)19(28)11-16)12-14-2-9-20-21(10-14)35-13-34-20/h2-11,25H,12-13H2,1H3,(H,29,30). The van der Waals surface area contributed by atoms with E-state index in [2.05, 4.69) is 10.2 Å². The van der Waals surface area contributed by atoms with E-state index in [4.69, 9.17) is 37.4 Å². The van der Waals surface area contributed by atoms with Gasteiger partial charge < -0.3 is 19.1 Å². The van der Waals surface area contributed by atoms with E-state index >= 15 is 0 Å². The molecule has 0 saturated heterocycles. The Morgan fingerprint density at radius 1 is 1.03 bits per heavy atom. The molecule has 0 radical (unpaired) electrons. The lowest BCUT2D eigenvalue weighted by Crippen LogP contribution is -2.29. The summed E-state index contributed by atoms with van der Waals surface area (Å²) >= 11 is 12.6. The third-order valence-electron chi connectivity index (χ3n) is 6.28. The number of fused-ring (bicyclic) bond motifs is 2. The van der Waals surface area contributed by atoms with Crippen molar-refractivity contribution in [2.75, 3.05) is 13.9 Å². The largest absolute Gasteiger partial charge is 0.497 e. The predicted molar refractivity (Wildman–Crippen MR) is 131 cm³/mol. The van der Waals surface area contributed by atoms with Gasteiger partial charge in [0.25, 0.3) is 5.91 Å². The third kappa shape index (κ3) is 3.68. The number of H-pyrrole nitrogens is 1. The van der Waals surface area contributed by atoms with Crippen molar-refractivity contribution in [3.63, 3.8) is 0 Å². The van der Waals surface area contributed by atoms with Crippen LogP contribution in [0.1, 0.15) is 33.2 Å². The molecule has 2 aliphatic rings. The minimum absolute atomic E-state index is 0.152. The highest BCUT2D eigenvalue weighted by Gasteiger charge is 2.42. The van der Waals surface area contributed by atoms with Crippen molar-refractivity contribution in [2.45, 2.75) is 12.6 Å². The number of aromatic nitrogens is 2. The molecule has 9 heteroatoms. The highest BCUT2D eigenvalue weighted by atomic mass is 35.5. The number of halogens is 2. The van der Waals surface area contributed by atoms with Gasteiger partial charge in [0, 0.05) is 17.7 Å². The van der Waals surface area contributed by atoms with Gasteiger partial charge in [-0.25, -0.2) is 0 Å². The van der Waals surface area contributed by atoms with Gasteiger partial charge in [0.1, 0.15) is 11.4 Å². The lowest BCUT2D eigenvalue weighted by molar-refractivity contribution is 0.0730. The number of hydrogen-bond acceptors (Lipinski definition) is 5. The van der Waals surface area contributed by atoms with Crippen LogP contribution in [-0.2, 0) is 6.54 Å². The normalized spacial score (nSPS) is 16.0. The van der Waals surface area contributed by atoms with E-state index in [1.165, 1.54) is 0 Å². The van der Waals surface area contributed by atoms with E-state index in [0.717, 1.165) is 28.0 Å². The first kappa shape index (κ1) is 21.8. The van der Waals surface area contributed by atoms with Crippen LogP contribution in [0.5, 0.6) is 17.2 Å². The summed E-state index contributed by atoms with van der Waals surface area (Å²) in [6, 6.07) is 18.3. The van der Waals surface area contributed by atoms with Gasteiger partial charge in [-0.2, -0.15) is 5.10 Å². The number of benzene rings is 3. The molecule has 2 aliphatic heterocycles. The monoisotopic (exact) mass is 507 g/mol. The number of carbonyl (C=O) groups is 1. The molecule has 0 fully saturated rings. The summed E-state index contributed by atoms with van der Waals surface area (Å²) in [5.41, 5.74) is 4.55. The van der Waals surface area contributed by atoms with Gasteiger partial charge in [-0.1, -0.05) is 35.3 Å². The molecule has 1 N–H and O–H groups in total. The van der Waals surface area contributed by atoms with Crippen molar-refractivity contribution in [3.8, 4) is 28.5 Å². The maximum Gasteiger partial charge on any atom is 0.273 e. The highest BCUT2D eigenvalue weighted by molar-refractivity contribution is 6.42. The second-order valence-electron chi connectivity index (χ2n) is 8.29. The van der Waals surface area contributed by atoms with E-state index in [1.807, 2.05) is 48.5 Å². The number of aromatic amines is 1. The van der Waals surface area contributed by atoms with Crippen LogP contribution in [0.3, 0.4) is 0 Å². The van der Waals surface area contributed by atoms with E-state index in [0.29, 0.717) is 39.5 Å². The average molecular weight is 508 g/mol. The Bertz CT molecular complexity index is 1450. The molecule has 3 aromatic carbocycles. The Labute approximate surface area is 211 Å². The molecule has 0 spiro atoms. The van der Waals surface area contributed by atoms with Crippen LogP contribution in [0.25, 0.3) is 11.3 Å². The predicted octanol–water partition coefficient (Wildman–Crippen LogP) is 5.87. The van der Waals surface area contributed by atoms with Gasteiger partial charge in [0.05, 0.1) is 28.9 Å². The molecule has 1 atom stereocenters. The van der Waals surface area contributed by atoms with Gasteiger partial charge in [-0.3, -0.25) is 9.89 Å². The topological polar surface area (TPSA) is 76.7 Å². The first-order valence-electron chi connectivity index (χ1n) is 10.9. The maximum atomic E-state index is 13.6. The number of nitrogens with zero attached hydrogens (tertiary/aromatic N) is 2. The second kappa shape index (κ2) is 8.52. The summed E-state index contributed by atoms with van der Waals surface area (Å²) in [7, 11) is 1.62. The molecule has 0 saturated carbocycles. The summed E-state index contributed by atoms with van der Waals surface area (Å²) in [5.74, 6) is 1.95. The zero-order valence-electron chi connectivity index (χ0n) is 18.5. The van der Waals surface area contributed by atoms with Crippen LogP contribution >= 0.6 is 23.2 Å². The highest BCUT2D eigenvalue weighted by Crippen LogP contribution is 2.45. The summed E-state index contributed by atoms with van der Waals surface area (Å²) < 4.78 is 16.2. The molecule has 4 aromatic rings. The molecule has 7 nitrogen and oxygen atoms in total. The molecule has 1 amide bonds. The Kier molecular flexibility index (Phi) is 5.31. The van der Waals surface area contributed by atoms with Crippen molar-refractivity contribution in [3.05, 3.63) is 93.1 Å². The van der Waals surface area contributed by atoms with Crippen LogP contribution in [0.2, 0.25) is 10.0 Å². The second-order valence-corrected chi connectivity index (χ2v) is 9.10. The SMILES string of the molecule is COc1ccc(-c2n[nH]c3c2C(c2ccc(Cl)c(Cl)c2)N(Cc2ccc4c(c2)OCO4)C3=O)cc1. The quantitative estimate of drug-likeness (QED) is 0.365. The minimum atomic E-state index is -0.423. The fraction of sp³-hybridized carbons (Fsp3) is 0.154. The van der Waals surface area contributed by atoms with Gasteiger partial charge in [-0.05, 0) is 59.7 Å². The Hall–Kier alpha value is -3.68. The molecule has 1 unspecified atom stereocenters. The molecular weight excluding hydrogens is 489 g/mol. The number of ether oxygens (including phenoxy) is 3. The zero-order chi connectivity index (χ0) is 24.1. The van der Waals surface area contributed by atoms with E-state index in [1.54, 1.807) is 24.1 Å². The number of amides is 1. The number of rotatable bonds is 5. The van der Waals surface area contributed by atoms with Crippen molar-refractivity contribution < 1.29 is 19.0 Å². The smallest absolute Gasteiger partial charge is 0.273 e. The fourth-order valence-electron chi connectivity index (χ4n) is 4.59. The lowest BCUT2D eigenvalue weighted by Gasteiger charge is -2.27. The van der Waals surface area contributed by atoms with Gasteiger partial charge in [-0.15, -0.1) is 0 Å². The average Bonchev–Trinajstić information content (AvgIpc) is 3.58. The number of nitrogens with one attached hydrogen (secondary N) is 1. The van der Waals surface area contributed by atoms with Gasteiger partial charge >= 0.3 is 0 Å². The Balaban J connectivity index is 1.46. The molecule has 35 heavy (non-hydrogen) atoms. The lowest BCUT2D eigenvalue weighted by atomic mass is 9.96. The van der Waals surface area contributed by atoms with E-state index < -0.39 is 6.04 Å². The fourth-order valence-corrected chi connectivity index (χ4v) is 4.90. The summed E-state index contributed by atoms with van der Waals surface area (Å²) in [6.07, 6.45) is 0. The number of methoxy groups -OCH3 is 1. The van der Waals surface area contributed by atoms with Crippen LogP contribution in [0, 0.1) is 0 Å². The molecule has 1 aromatic heterocycles. The zero-order valence-corrected chi connectivity index (χ0v) is 20.1. The number of hydrogen-bond donors (Lipinski definition) is 1. The van der Waals surface area contributed by atoms with Crippen molar-refractivity contribution in [2.24, 2.45) is 0 Å². The molecule has 0 aliphatic carbocycles. The van der Waals surface area contributed by atoms with Crippen LogP contribution < -0.4 is 14.2 Å². The van der Waals surface area contributed by atoms with Crippen LogP contribution in [-0.4, -0.2) is 34.9 Å². The molecule has 176 valence electrons.